The Balaban J connectivity index is 1.54. The molecule has 2 unspecified atom stereocenters. The van der Waals surface area contributed by atoms with Crippen molar-refractivity contribution in [3.63, 3.8) is 0 Å². The number of hydrogen-bond donors (Lipinski definition) is 1. The summed E-state index contributed by atoms with van der Waals surface area (Å²) in [6.45, 7) is 0. The fraction of sp³-hybridized carbons (Fsp3) is 0.533. The monoisotopic (exact) mass is 306 g/mol. The second-order valence-electron chi connectivity index (χ2n) is 5.94. The largest absolute Gasteiger partial charge is 0.338 e. The first-order valence-corrected chi connectivity index (χ1v) is 8.90. The van der Waals surface area contributed by atoms with Gasteiger partial charge in [0.05, 0.1) is 4.88 Å². The molecule has 2 atom stereocenters. The molecule has 0 radical (unpaired) electrons. The van der Waals surface area contributed by atoms with E-state index in [0.29, 0.717) is 18.1 Å². The van der Waals surface area contributed by atoms with Crippen LogP contribution in [-0.4, -0.2) is 36.0 Å². The van der Waals surface area contributed by atoms with Gasteiger partial charge in [0.25, 0.3) is 5.91 Å². The maximum absolute atomic E-state index is 12.7. The Bertz CT molecular complexity index is 607. The zero-order valence-corrected chi connectivity index (χ0v) is 13.1. The van der Waals surface area contributed by atoms with E-state index < -0.39 is 0 Å². The van der Waals surface area contributed by atoms with Crippen molar-refractivity contribution in [1.82, 2.24) is 10.2 Å². The highest BCUT2D eigenvalue weighted by Crippen LogP contribution is 2.33. The van der Waals surface area contributed by atoms with Crippen LogP contribution in [0.3, 0.4) is 0 Å². The molecule has 5 heteroatoms. The molecule has 3 nitrogen and oxygen atoms in total. The molecule has 1 amide bonds. The third-order valence-corrected chi connectivity index (χ3v) is 6.75. The molecule has 4 rings (SSSR count). The van der Waals surface area contributed by atoms with Crippen molar-refractivity contribution in [2.45, 2.75) is 43.8 Å². The fourth-order valence-electron chi connectivity index (χ4n) is 3.55. The van der Waals surface area contributed by atoms with Crippen LogP contribution in [0, 0.1) is 0 Å². The molecule has 1 N–H and O–H groups in total. The smallest absolute Gasteiger partial charge is 0.263 e. The van der Waals surface area contributed by atoms with Crippen LogP contribution < -0.4 is 5.32 Å². The van der Waals surface area contributed by atoms with Gasteiger partial charge in [-0.05, 0) is 43.2 Å². The number of rotatable bonds is 2. The van der Waals surface area contributed by atoms with Crippen LogP contribution in [-0.2, 0) is 0 Å². The van der Waals surface area contributed by atoms with E-state index in [1.165, 1.54) is 22.2 Å². The average Bonchev–Trinajstić information content (AvgIpc) is 3.11. The van der Waals surface area contributed by atoms with Gasteiger partial charge in [0, 0.05) is 34.6 Å². The predicted octanol–water partition coefficient (Wildman–Crippen LogP) is 3.32. The SMILES string of the molecule is CN(C(=O)c1cc2sccc2s1)C1CC2CCC(C1)N2. The first-order chi connectivity index (χ1) is 9.70. The van der Waals surface area contributed by atoms with Gasteiger partial charge in [0.2, 0.25) is 0 Å². The molecule has 2 aliphatic heterocycles. The number of piperidine rings is 1. The molecule has 0 spiro atoms. The molecule has 2 bridgehead atoms. The zero-order chi connectivity index (χ0) is 13.7. The Morgan fingerprint density at radius 2 is 2.05 bits per heavy atom. The molecule has 2 aliphatic rings. The minimum atomic E-state index is 0.199. The number of nitrogens with one attached hydrogen (secondary N) is 1. The lowest BCUT2D eigenvalue weighted by molar-refractivity contribution is 0.0686. The highest BCUT2D eigenvalue weighted by molar-refractivity contribution is 7.27. The Morgan fingerprint density at radius 3 is 2.75 bits per heavy atom. The molecule has 0 saturated carbocycles. The lowest BCUT2D eigenvalue weighted by Gasteiger charge is -2.35. The summed E-state index contributed by atoms with van der Waals surface area (Å²) in [6.07, 6.45) is 4.77. The van der Waals surface area contributed by atoms with Crippen molar-refractivity contribution in [3.8, 4) is 0 Å². The Labute approximate surface area is 126 Å². The lowest BCUT2D eigenvalue weighted by Crippen LogP contribution is -2.48. The quantitative estimate of drug-likeness (QED) is 0.923. The Kier molecular flexibility index (Phi) is 3.09. The molecule has 2 aromatic heterocycles. The minimum absolute atomic E-state index is 0.199. The van der Waals surface area contributed by atoms with Crippen molar-refractivity contribution in [1.29, 1.82) is 0 Å². The van der Waals surface area contributed by atoms with E-state index in [1.807, 2.05) is 11.9 Å². The number of carbonyl (C=O) groups excluding carboxylic acids is 1. The standard InChI is InChI=1S/C15H18N2OS2/c1-17(11-6-9-2-3-10(7-11)16-9)15(18)14-8-13-12(20-14)4-5-19-13/h4-5,8-11,16H,2-3,6-7H2,1H3. The van der Waals surface area contributed by atoms with E-state index in [0.717, 1.165) is 17.7 Å². The molecule has 4 heterocycles. The summed E-state index contributed by atoms with van der Waals surface area (Å²) >= 11 is 3.34. The molecule has 106 valence electrons. The van der Waals surface area contributed by atoms with Gasteiger partial charge in [0.1, 0.15) is 0 Å². The van der Waals surface area contributed by atoms with Gasteiger partial charge in [-0.25, -0.2) is 0 Å². The molecular formula is C15H18N2OS2. The summed E-state index contributed by atoms with van der Waals surface area (Å²) in [4.78, 5) is 15.5. The topological polar surface area (TPSA) is 32.3 Å². The predicted molar refractivity (Wildman–Crippen MR) is 84.8 cm³/mol. The average molecular weight is 306 g/mol. The van der Waals surface area contributed by atoms with Gasteiger partial charge < -0.3 is 10.2 Å². The Hall–Kier alpha value is -0.910. The van der Waals surface area contributed by atoms with Crippen LogP contribution in [0.1, 0.15) is 35.4 Å². The Morgan fingerprint density at radius 1 is 1.30 bits per heavy atom. The van der Waals surface area contributed by atoms with E-state index in [4.69, 9.17) is 0 Å². The van der Waals surface area contributed by atoms with Crippen LogP contribution in [0.4, 0.5) is 0 Å². The summed E-state index contributed by atoms with van der Waals surface area (Å²) in [5.74, 6) is 0.199. The normalized spacial score (nSPS) is 28.9. The first kappa shape index (κ1) is 12.8. The maximum atomic E-state index is 12.7. The highest BCUT2D eigenvalue weighted by Gasteiger charge is 2.36. The molecule has 0 aromatic carbocycles. The van der Waals surface area contributed by atoms with Crippen molar-refractivity contribution in [2.75, 3.05) is 7.05 Å². The fourth-order valence-corrected chi connectivity index (χ4v) is 5.65. The molecule has 0 aliphatic carbocycles. The van der Waals surface area contributed by atoms with E-state index in [2.05, 4.69) is 22.8 Å². The number of amides is 1. The number of thiophene rings is 2. The van der Waals surface area contributed by atoms with Gasteiger partial charge >= 0.3 is 0 Å². The van der Waals surface area contributed by atoms with E-state index >= 15 is 0 Å². The number of carbonyl (C=O) groups is 1. The molecule has 2 saturated heterocycles. The number of nitrogens with zero attached hydrogens (tertiary/aromatic N) is 1. The molecule has 20 heavy (non-hydrogen) atoms. The zero-order valence-electron chi connectivity index (χ0n) is 11.5. The molecular weight excluding hydrogens is 288 g/mol. The van der Waals surface area contributed by atoms with Gasteiger partial charge in [-0.3, -0.25) is 4.79 Å². The molecule has 2 aromatic rings. The van der Waals surface area contributed by atoms with Crippen LogP contribution in [0.25, 0.3) is 9.40 Å². The van der Waals surface area contributed by atoms with Crippen molar-refractivity contribution in [2.24, 2.45) is 0 Å². The summed E-state index contributed by atoms with van der Waals surface area (Å²) < 4.78 is 2.47. The minimum Gasteiger partial charge on any atom is -0.338 e. The summed E-state index contributed by atoms with van der Waals surface area (Å²) in [5, 5.41) is 5.72. The maximum Gasteiger partial charge on any atom is 0.263 e. The van der Waals surface area contributed by atoms with E-state index in [-0.39, 0.29) is 5.91 Å². The molecule has 2 fully saturated rings. The van der Waals surface area contributed by atoms with Crippen LogP contribution in [0.5, 0.6) is 0 Å². The van der Waals surface area contributed by atoms with Crippen LogP contribution >= 0.6 is 22.7 Å². The van der Waals surface area contributed by atoms with Gasteiger partial charge in [-0.2, -0.15) is 0 Å². The lowest BCUT2D eigenvalue weighted by atomic mass is 9.98. The number of fused-ring (bicyclic) bond motifs is 3. The van der Waals surface area contributed by atoms with Gasteiger partial charge in [-0.1, -0.05) is 0 Å². The summed E-state index contributed by atoms with van der Waals surface area (Å²) in [7, 11) is 1.98. The highest BCUT2D eigenvalue weighted by atomic mass is 32.1. The summed E-state index contributed by atoms with van der Waals surface area (Å²) in [5.41, 5.74) is 0. The van der Waals surface area contributed by atoms with Crippen molar-refractivity contribution >= 4 is 38.0 Å². The van der Waals surface area contributed by atoms with E-state index in [1.54, 1.807) is 22.7 Å². The van der Waals surface area contributed by atoms with Gasteiger partial charge in [-0.15, -0.1) is 22.7 Å². The van der Waals surface area contributed by atoms with E-state index in [9.17, 15) is 4.79 Å². The van der Waals surface area contributed by atoms with Crippen LogP contribution in [0.15, 0.2) is 17.5 Å². The summed E-state index contributed by atoms with van der Waals surface area (Å²) in [6, 6.07) is 5.81. The van der Waals surface area contributed by atoms with Crippen molar-refractivity contribution in [3.05, 3.63) is 22.4 Å². The third-order valence-electron chi connectivity index (χ3n) is 4.67. The van der Waals surface area contributed by atoms with Crippen LogP contribution in [0.2, 0.25) is 0 Å². The third kappa shape index (κ3) is 2.08. The van der Waals surface area contributed by atoms with Gasteiger partial charge in [0.15, 0.2) is 0 Å². The van der Waals surface area contributed by atoms with Crippen molar-refractivity contribution < 1.29 is 4.79 Å². The first-order valence-electron chi connectivity index (χ1n) is 7.21. The second-order valence-corrected chi connectivity index (χ2v) is 7.97. The second kappa shape index (κ2) is 4.83. The number of hydrogen-bond acceptors (Lipinski definition) is 4.